The van der Waals surface area contributed by atoms with Crippen molar-refractivity contribution in [2.24, 2.45) is 0 Å². The average Bonchev–Trinajstić information content (AvgIpc) is 3.29. The van der Waals surface area contributed by atoms with E-state index in [2.05, 4.69) is 20.0 Å². The number of benzene rings is 1. The second-order valence-electron chi connectivity index (χ2n) is 6.37. The highest BCUT2D eigenvalue weighted by atomic mass is 19.4. The normalized spacial score (nSPS) is 13.9. The number of rotatable bonds is 5. The van der Waals surface area contributed by atoms with Gasteiger partial charge in [0.1, 0.15) is 17.1 Å². The number of alkyl halides is 3. The van der Waals surface area contributed by atoms with Crippen molar-refractivity contribution >= 4 is 5.91 Å². The number of carbonyl (C=O) groups excluding carboxylic acids is 1. The summed E-state index contributed by atoms with van der Waals surface area (Å²) >= 11 is 0. The van der Waals surface area contributed by atoms with Gasteiger partial charge in [0.05, 0.1) is 6.54 Å². The van der Waals surface area contributed by atoms with Gasteiger partial charge in [0.15, 0.2) is 0 Å². The molecule has 0 fully saturated rings. The lowest BCUT2D eigenvalue weighted by Crippen LogP contribution is -2.38. The Bertz CT molecular complexity index is 975. The van der Waals surface area contributed by atoms with Crippen LogP contribution < -0.4 is 5.32 Å². The van der Waals surface area contributed by atoms with Crippen molar-refractivity contribution in [2.45, 2.75) is 25.6 Å². The van der Waals surface area contributed by atoms with Gasteiger partial charge in [0.25, 0.3) is 5.91 Å². The third kappa shape index (κ3) is 4.22. The van der Waals surface area contributed by atoms with Gasteiger partial charge in [-0.3, -0.25) is 4.79 Å². The maximum Gasteiger partial charge on any atom is 0.471 e. The quantitative estimate of drug-likeness (QED) is 0.688. The van der Waals surface area contributed by atoms with Crippen LogP contribution in [0.5, 0.6) is 0 Å². The molecule has 0 aliphatic heterocycles. The molecule has 2 N–H and O–H groups in total. The van der Waals surface area contributed by atoms with E-state index in [1.54, 1.807) is 19.1 Å². The molecule has 28 heavy (non-hydrogen) atoms. The van der Waals surface area contributed by atoms with Gasteiger partial charge in [-0.1, -0.05) is 17.3 Å². The summed E-state index contributed by atoms with van der Waals surface area (Å²) in [7, 11) is 0. The lowest BCUT2D eigenvalue weighted by Gasteiger charge is -2.21. The SMILES string of the molecule is Cc1ccc([C@](C)(O)CNC(=O)c2ccc(-c3noc(C(F)(F)F)n3)cc2)o1. The molecule has 7 nitrogen and oxygen atoms in total. The summed E-state index contributed by atoms with van der Waals surface area (Å²) < 4.78 is 47.1. The fourth-order valence-electron chi connectivity index (χ4n) is 2.39. The summed E-state index contributed by atoms with van der Waals surface area (Å²) in [6.45, 7) is 3.14. The molecule has 2 aromatic heterocycles. The number of hydrogen-bond donors (Lipinski definition) is 2. The van der Waals surface area contributed by atoms with E-state index in [9.17, 15) is 23.1 Å². The van der Waals surface area contributed by atoms with Gasteiger partial charge in [-0.2, -0.15) is 18.2 Å². The predicted molar refractivity (Wildman–Crippen MR) is 90.1 cm³/mol. The van der Waals surface area contributed by atoms with Crippen molar-refractivity contribution in [3.05, 3.63) is 59.4 Å². The number of halogens is 3. The first-order chi connectivity index (χ1) is 13.1. The van der Waals surface area contributed by atoms with Crippen LogP contribution in [0.25, 0.3) is 11.4 Å². The Morgan fingerprint density at radius 1 is 1.18 bits per heavy atom. The van der Waals surface area contributed by atoms with E-state index in [0.717, 1.165) is 0 Å². The largest absolute Gasteiger partial charge is 0.471 e. The van der Waals surface area contributed by atoms with Crippen LogP contribution >= 0.6 is 0 Å². The summed E-state index contributed by atoms with van der Waals surface area (Å²) in [6, 6.07) is 8.92. The molecule has 0 spiro atoms. The average molecular weight is 395 g/mol. The highest BCUT2D eigenvalue weighted by molar-refractivity contribution is 5.94. The van der Waals surface area contributed by atoms with Crippen molar-refractivity contribution in [1.29, 1.82) is 0 Å². The monoisotopic (exact) mass is 395 g/mol. The lowest BCUT2D eigenvalue weighted by molar-refractivity contribution is -0.159. The molecule has 1 aromatic carbocycles. The molecule has 0 bridgehead atoms. The smallest absolute Gasteiger partial charge is 0.463 e. The Kier molecular flexibility index (Phi) is 4.99. The summed E-state index contributed by atoms with van der Waals surface area (Å²) in [5.74, 6) is -1.21. The van der Waals surface area contributed by atoms with Gasteiger partial charge < -0.3 is 19.4 Å². The van der Waals surface area contributed by atoms with Gasteiger partial charge in [0, 0.05) is 11.1 Å². The van der Waals surface area contributed by atoms with Gasteiger partial charge in [0.2, 0.25) is 5.82 Å². The van der Waals surface area contributed by atoms with Crippen molar-refractivity contribution < 1.29 is 32.0 Å². The van der Waals surface area contributed by atoms with Crippen molar-refractivity contribution in [2.75, 3.05) is 6.54 Å². The Labute approximate surface area is 157 Å². The first-order valence-electron chi connectivity index (χ1n) is 8.15. The molecule has 2 heterocycles. The van der Waals surface area contributed by atoms with Crippen LogP contribution in [0.15, 0.2) is 45.3 Å². The van der Waals surface area contributed by atoms with Gasteiger partial charge >= 0.3 is 12.1 Å². The summed E-state index contributed by atoms with van der Waals surface area (Å²) in [5.41, 5.74) is -0.897. The first kappa shape index (κ1) is 19.6. The van der Waals surface area contributed by atoms with Crippen molar-refractivity contribution in [1.82, 2.24) is 15.5 Å². The molecular formula is C18H16F3N3O4. The van der Waals surface area contributed by atoms with Crippen LogP contribution in [-0.2, 0) is 11.8 Å². The molecule has 0 saturated heterocycles. The van der Waals surface area contributed by atoms with E-state index < -0.39 is 23.6 Å². The molecule has 0 radical (unpaired) electrons. The molecule has 0 aliphatic rings. The minimum Gasteiger partial charge on any atom is -0.463 e. The Morgan fingerprint density at radius 2 is 1.86 bits per heavy atom. The number of nitrogens with one attached hydrogen (secondary N) is 1. The standard InChI is InChI=1S/C18H16F3N3O4/c1-10-3-8-13(27-10)17(2,26)9-22-15(25)12-6-4-11(5-7-12)14-23-16(28-24-14)18(19,20)21/h3-8,26H,9H2,1-2H3,(H,22,25)/t17-/m1/s1. The molecular weight excluding hydrogens is 379 g/mol. The summed E-state index contributed by atoms with van der Waals surface area (Å²) in [4.78, 5) is 15.5. The van der Waals surface area contributed by atoms with E-state index in [0.29, 0.717) is 11.5 Å². The number of aryl methyl sites for hydroxylation is 1. The zero-order chi connectivity index (χ0) is 20.5. The topological polar surface area (TPSA) is 101 Å². The second kappa shape index (κ2) is 7.12. The number of nitrogens with zero attached hydrogens (tertiary/aromatic N) is 2. The van der Waals surface area contributed by atoms with E-state index in [1.807, 2.05) is 0 Å². The first-order valence-corrected chi connectivity index (χ1v) is 8.15. The fraction of sp³-hybridized carbons (Fsp3) is 0.278. The van der Waals surface area contributed by atoms with E-state index in [4.69, 9.17) is 4.42 Å². The zero-order valence-electron chi connectivity index (χ0n) is 14.9. The minimum absolute atomic E-state index is 0.0969. The van der Waals surface area contributed by atoms with Gasteiger partial charge in [-0.25, -0.2) is 0 Å². The lowest BCUT2D eigenvalue weighted by atomic mass is 10.0. The summed E-state index contributed by atoms with van der Waals surface area (Å²) in [5, 5.41) is 16.3. The van der Waals surface area contributed by atoms with E-state index >= 15 is 0 Å². The molecule has 3 aromatic rings. The third-order valence-electron chi connectivity index (χ3n) is 3.94. The molecule has 10 heteroatoms. The highest BCUT2D eigenvalue weighted by Gasteiger charge is 2.38. The molecule has 0 saturated carbocycles. The summed E-state index contributed by atoms with van der Waals surface area (Å²) in [6.07, 6.45) is -4.73. The number of hydrogen-bond acceptors (Lipinski definition) is 6. The van der Waals surface area contributed by atoms with Gasteiger partial charge in [-0.15, -0.1) is 0 Å². The van der Waals surface area contributed by atoms with Crippen molar-refractivity contribution in [3.8, 4) is 11.4 Å². The van der Waals surface area contributed by atoms with Crippen molar-refractivity contribution in [3.63, 3.8) is 0 Å². The number of carbonyl (C=O) groups is 1. The Balaban J connectivity index is 1.66. The molecule has 0 aliphatic carbocycles. The van der Waals surface area contributed by atoms with Gasteiger partial charge in [-0.05, 0) is 38.1 Å². The molecule has 1 atom stereocenters. The van der Waals surface area contributed by atoms with Crippen LogP contribution in [0.1, 0.15) is 34.7 Å². The zero-order valence-corrected chi connectivity index (χ0v) is 14.9. The Morgan fingerprint density at radius 3 is 2.39 bits per heavy atom. The third-order valence-corrected chi connectivity index (χ3v) is 3.94. The maximum atomic E-state index is 12.5. The molecule has 148 valence electrons. The fourth-order valence-corrected chi connectivity index (χ4v) is 2.39. The van der Waals surface area contributed by atoms with Crippen LogP contribution in [0, 0.1) is 6.92 Å². The van der Waals surface area contributed by atoms with E-state index in [1.165, 1.54) is 31.2 Å². The predicted octanol–water partition coefficient (Wildman–Crippen LogP) is 3.29. The molecule has 0 unspecified atom stereocenters. The van der Waals surface area contributed by atoms with Crippen LogP contribution in [-0.4, -0.2) is 27.7 Å². The number of aromatic nitrogens is 2. The van der Waals surface area contributed by atoms with Crippen LogP contribution in [0.4, 0.5) is 13.2 Å². The second-order valence-corrected chi connectivity index (χ2v) is 6.37. The number of furan rings is 1. The van der Waals surface area contributed by atoms with Crippen LogP contribution in [0.2, 0.25) is 0 Å². The number of amides is 1. The number of aliphatic hydroxyl groups is 1. The molecule has 3 rings (SSSR count). The van der Waals surface area contributed by atoms with Crippen LogP contribution in [0.3, 0.4) is 0 Å². The Hall–Kier alpha value is -3.14. The van der Waals surface area contributed by atoms with E-state index in [-0.39, 0.29) is 23.5 Å². The molecule has 1 amide bonds. The maximum absolute atomic E-state index is 12.5. The highest BCUT2D eigenvalue weighted by Crippen LogP contribution is 2.29. The minimum atomic E-state index is -4.73.